The van der Waals surface area contributed by atoms with Crippen LogP contribution in [-0.4, -0.2) is 47.6 Å². The van der Waals surface area contributed by atoms with Crippen LogP contribution < -0.4 is 4.74 Å². The first kappa shape index (κ1) is 14.6. The van der Waals surface area contributed by atoms with Crippen molar-refractivity contribution in [2.45, 2.75) is 18.4 Å². The topological polar surface area (TPSA) is 49.8 Å². The SMILES string of the molecule is O=C(COc1ccccc1F)N1CCC(O)(C(F)F)C1. The van der Waals surface area contributed by atoms with Crippen molar-refractivity contribution < 1.29 is 27.8 Å². The van der Waals surface area contributed by atoms with Crippen molar-refractivity contribution in [2.24, 2.45) is 0 Å². The van der Waals surface area contributed by atoms with Gasteiger partial charge in [0.2, 0.25) is 0 Å². The summed E-state index contributed by atoms with van der Waals surface area (Å²) < 4.78 is 43.5. The molecule has 1 N–H and O–H groups in total. The molecule has 1 saturated heterocycles. The van der Waals surface area contributed by atoms with Crippen LogP contribution in [0.2, 0.25) is 0 Å². The lowest BCUT2D eigenvalue weighted by atomic mass is 10.1. The number of nitrogens with zero attached hydrogens (tertiary/aromatic N) is 1. The maximum Gasteiger partial charge on any atom is 0.268 e. The van der Waals surface area contributed by atoms with E-state index in [0.717, 1.165) is 4.90 Å². The Kier molecular flexibility index (Phi) is 4.17. The third-order valence-electron chi connectivity index (χ3n) is 3.23. The highest BCUT2D eigenvalue weighted by molar-refractivity contribution is 5.78. The molecule has 1 aromatic rings. The predicted octanol–water partition coefficient (Wildman–Crippen LogP) is 1.43. The molecule has 20 heavy (non-hydrogen) atoms. The molecule has 1 aliphatic heterocycles. The van der Waals surface area contributed by atoms with E-state index in [-0.39, 0.29) is 18.7 Å². The van der Waals surface area contributed by atoms with Gasteiger partial charge in [-0.05, 0) is 12.1 Å². The molecule has 1 amide bonds. The monoisotopic (exact) mass is 289 g/mol. The van der Waals surface area contributed by atoms with Crippen LogP contribution in [0.4, 0.5) is 13.2 Å². The predicted molar refractivity (Wildman–Crippen MR) is 64.0 cm³/mol. The smallest absolute Gasteiger partial charge is 0.268 e. The molecule has 1 atom stereocenters. The van der Waals surface area contributed by atoms with Crippen molar-refractivity contribution in [3.63, 3.8) is 0 Å². The van der Waals surface area contributed by atoms with Crippen molar-refractivity contribution in [1.29, 1.82) is 0 Å². The maximum absolute atomic E-state index is 13.3. The number of hydrogen-bond acceptors (Lipinski definition) is 3. The number of halogens is 3. The highest BCUT2D eigenvalue weighted by atomic mass is 19.3. The summed E-state index contributed by atoms with van der Waals surface area (Å²) in [6.45, 7) is -0.870. The number of amides is 1. The largest absolute Gasteiger partial charge is 0.481 e. The van der Waals surface area contributed by atoms with Crippen molar-refractivity contribution in [3.05, 3.63) is 30.1 Å². The zero-order valence-electron chi connectivity index (χ0n) is 10.6. The molecule has 110 valence electrons. The minimum atomic E-state index is -2.91. The van der Waals surface area contributed by atoms with E-state index >= 15 is 0 Å². The van der Waals surface area contributed by atoms with Gasteiger partial charge in [-0.3, -0.25) is 4.79 Å². The minimum Gasteiger partial charge on any atom is -0.481 e. The van der Waals surface area contributed by atoms with Crippen LogP contribution in [0.1, 0.15) is 6.42 Å². The number of benzene rings is 1. The Morgan fingerprint density at radius 1 is 1.45 bits per heavy atom. The molecular formula is C13H14F3NO3. The van der Waals surface area contributed by atoms with E-state index in [1.807, 2.05) is 0 Å². The van der Waals surface area contributed by atoms with E-state index in [1.54, 1.807) is 6.07 Å². The van der Waals surface area contributed by atoms with Gasteiger partial charge in [0.1, 0.15) is 5.60 Å². The van der Waals surface area contributed by atoms with Gasteiger partial charge >= 0.3 is 0 Å². The second kappa shape index (κ2) is 5.70. The number of aliphatic hydroxyl groups is 1. The molecule has 0 saturated carbocycles. The Morgan fingerprint density at radius 2 is 2.15 bits per heavy atom. The number of ether oxygens (including phenoxy) is 1. The normalized spacial score (nSPS) is 22.4. The van der Waals surface area contributed by atoms with Gasteiger partial charge in [-0.1, -0.05) is 12.1 Å². The number of para-hydroxylation sites is 1. The highest BCUT2D eigenvalue weighted by Gasteiger charge is 2.45. The van der Waals surface area contributed by atoms with Crippen LogP contribution in [-0.2, 0) is 4.79 Å². The number of likely N-dealkylation sites (tertiary alicyclic amines) is 1. The van der Waals surface area contributed by atoms with Gasteiger partial charge in [0.05, 0.1) is 6.54 Å². The van der Waals surface area contributed by atoms with Gasteiger partial charge in [0.25, 0.3) is 12.3 Å². The van der Waals surface area contributed by atoms with Crippen molar-refractivity contribution in [3.8, 4) is 5.75 Å². The molecule has 0 bridgehead atoms. The number of alkyl halides is 2. The Hall–Kier alpha value is -1.76. The number of carbonyl (C=O) groups is 1. The molecule has 0 aromatic heterocycles. The Morgan fingerprint density at radius 3 is 2.75 bits per heavy atom. The molecule has 2 rings (SSSR count). The van der Waals surface area contributed by atoms with Gasteiger partial charge in [-0.2, -0.15) is 0 Å². The van der Waals surface area contributed by atoms with Crippen molar-refractivity contribution in [1.82, 2.24) is 4.90 Å². The molecule has 1 heterocycles. The number of β-amino-alcohol motifs (C(OH)–C–C–N with tert-alkyl or cyclic N) is 1. The summed E-state index contributed by atoms with van der Waals surface area (Å²) in [4.78, 5) is 12.9. The van der Waals surface area contributed by atoms with E-state index in [9.17, 15) is 23.1 Å². The summed E-state index contributed by atoms with van der Waals surface area (Å²) >= 11 is 0. The molecular weight excluding hydrogens is 275 g/mol. The Bertz CT molecular complexity index is 498. The molecule has 1 aromatic carbocycles. The van der Waals surface area contributed by atoms with E-state index in [1.165, 1.54) is 18.2 Å². The fourth-order valence-electron chi connectivity index (χ4n) is 2.00. The summed E-state index contributed by atoms with van der Waals surface area (Å²) in [5.41, 5.74) is -2.16. The first-order valence-electron chi connectivity index (χ1n) is 6.08. The van der Waals surface area contributed by atoms with E-state index in [2.05, 4.69) is 0 Å². The zero-order valence-corrected chi connectivity index (χ0v) is 10.6. The molecule has 7 heteroatoms. The number of hydrogen-bond donors (Lipinski definition) is 1. The van der Waals surface area contributed by atoms with Crippen LogP contribution in [0, 0.1) is 5.82 Å². The molecule has 0 radical (unpaired) electrons. The van der Waals surface area contributed by atoms with Gasteiger partial charge < -0.3 is 14.7 Å². The third kappa shape index (κ3) is 3.04. The lowest BCUT2D eigenvalue weighted by Crippen LogP contribution is -2.42. The Balaban J connectivity index is 1.89. The lowest BCUT2D eigenvalue weighted by molar-refractivity contribution is -0.135. The standard InChI is InChI=1S/C13H14F3NO3/c14-9-3-1-2-4-10(9)20-7-11(18)17-6-5-13(19,8-17)12(15)16/h1-4,12,19H,5-8H2. The second-order valence-electron chi connectivity index (χ2n) is 4.69. The fraction of sp³-hybridized carbons (Fsp3) is 0.462. The first-order valence-corrected chi connectivity index (χ1v) is 6.08. The summed E-state index contributed by atoms with van der Waals surface area (Å²) in [5, 5.41) is 9.57. The van der Waals surface area contributed by atoms with Crippen LogP contribution in [0.15, 0.2) is 24.3 Å². The van der Waals surface area contributed by atoms with Crippen LogP contribution in [0.5, 0.6) is 5.75 Å². The fourth-order valence-corrected chi connectivity index (χ4v) is 2.00. The third-order valence-corrected chi connectivity index (χ3v) is 3.23. The van der Waals surface area contributed by atoms with Gasteiger partial charge in [-0.15, -0.1) is 0 Å². The average Bonchev–Trinajstić information content (AvgIpc) is 2.82. The Labute approximate surface area is 113 Å². The highest BCUT2D eigenvalue weighted by Crippen LogP contribution is 2.27. The van der Waals surface area contributed by atoms with Crippen molar-refractivity contribution >= 4 is 5.91 Å². The quantitative estimate of drug-likeness (QED) is 0.912. The number of carbonyl (C=O) groups excluding carboxylic acids is 1. The average molecular weight is 289 g/mol. The molecule has 1 fully saturated rings. The lowest BCUT2D eigenvalue weighted by Gasteiger charge is -2.22. The molecule has 1 unspecified atom stereocenters. The van der Waals surface area contributed by atoms with E-state index in [4.69, 9.17) is 4.74 Å². The van der Waals surface area contributed by atoms with E-state index < -0.39 is 36.9 Å². The molecule has 1 aliphatic rings. The van der Waals surface area contributed by atoms with Crippen LogP contribution in [0.3, 0.4) is 0 Å². The first-order chi connectivity index (χ1) is 9.42. The van der Waals surface area contributed by atoms with Crippen molar-refractivity contribution in [2.75, 3.05) is 19.7 Å². The second-order valence-corrected chi connectivity index (χ2v) is 4.69. The van der Waals surface area contributed by atoms with Gasteiger partial charge in [0, 0.05) is 13.0 Å². The van der Waals surface area contributed by atoms with Gasteiger partial charge in [0.15, 0.2) is 18.2 Å². The summed E-state index contributed by atoms with van der Waals surface area (Å²) in [7, 11) is 0. The maximum atomic E-state index is 13.3. The summed E-state index contributed by atoms with van der Waals surface area (Å²) in [6, 6.07) is 5.58. The molecule has 0 aliphatic carbocycles. The van der Waals surface area contributed by atoms with E-state index in [0.29, 0.717) is 0 Å². The summed E-state index contributed by atoms with van der Waals surface area (Å²) in [5.74, 6) is -1.25. The number of rotatable bonds is 4. The molecule has 4 nitrogen and oxygen atoms in total. The summed E-state index contributed by atoms with van der Waals surface area (Å²) in [6.07, 6.45) is -3.09. The zero-order chi connectivity index (χ0) is 14.8. The molecule has 0 spiro atoms. The van der Waals surface area contributed by atoms with Gasteiger partial charge in [-0.25, -0.2) is 13.2 Å². The van der Waals surface area contributed by atoms with Crippen LogP contribution in [0.25, 0.3) is 0 Å². The van der Waals surface area contributed by atoms with Crippen LogP contribution >= 0.6 is 0 Å². The minimum absolute atomic E-state index is 0.0281.